The van der Waals surface area contributed by atoms with Gasteiger partial charge >= 0.3 is 0 Å². The Morgan fingerprint density at radius 2 is 1.69 bits per heavy atom. The maximum absolute atomic E-state index is 13.3. The van der Waals surface area contributed by atoms with Crippen LogP contribution < -0.4 is 10.3 Å². The molecule has 3 aromatic carbocycles. The van der Waals surface area contributed by atoms with E-state index in [1.54, 1.807) is 18.0 Å². The smallest absolute Gasteiger partial charge is 0.258 e. The fourth-order valence-electron chi connectivity index (χ4n) is 4.31. The van der Waals surface area contributed by atoms with E-state index < -0.39 is 0 Å². The van der Waals surface area contributed by atoms with Gasteiger partial charge in [-0.1, -0.05) is 66.4 Å². The van der Waals surface area contributed by atoms with Gasteiger partial charge < -0.3 is 4.74 Å². The molecule has 35 heavy (non-hydrogen) atoms. The standard InChI is InChI=1S/C30H27N3O2/c1-35-27-15-11-23(12-16-27)6-5-18-32-19-17-29-28(21-32)30(34)33(22-31-29)20-24-9-13-26(14-10-24)25-7-3-2-4-8-25/h2-4,7-16,22H,17-21H2,1H3. The molecule has 2 heterocycles. The van der Waals surface area contributed by atoms with E-state index in [1.165, 1.54) is 5.56 Å². The summed E-state index contributed by atoms with van der Waals surface area (Å²) in [6.07, 6.45) is 2.45. The van der Waals surface area contributed by atoms with E-state index in [1.807, 2.05) is 42.5 Å². The highest BCUT2D eigenvalue weighted by molar-refractivity contribution is 5.63. The second-order valence-corrected chi connectivity index (χ2v) is 8.66. The largest absolute Gasteiger partial charge is 0.497 e. The zero-order valence-electron chi connectivity index (χ0n) is 19.8. The minimum Gasteiger partial charge on any atom is -0.497 e. The first-order chi connectivity index (χ1) is 17.2. The average Bonchev–Trinajstić information content (AvgIpc) is 2.92. The molecule has 0 atom stereocenters. The minimum atomic E-state index is 0.0370. The number of hydrogen-bond acceptors (Lipinski definition) is 4. The molecule has 0 fully saturated rings. The van der Waals surface area contributed by atoms with Crippen LogP contribution in [0.3, 0.4) is 0 Å². The normalized spacial score (nSPS) is 12.9. The molecule has 1 aliphatic rings. The molecule has 0 unspecified atom stereocenters. The second-order valence-electron chi connectivity index (χ2n) is 8.66. The number of aromatic nitrogens is 2. The van der Waals surface area contributed by atoms with E-state index in [9.17, 15) is 4.79 Å². The van der Waals surface area contributed by atoms with Crippen LogP contribution in [0.1, 0.15) is 22.4 Å². The van der Waals surface area contributed by atoms with Crippen LogP contribution in [-0.2, 0) is 19.5 Å². The Bertz CT molecular complexity index is 1410. The molecule has 5 heteroatoms. The van der Waals surface area contributed by atoms with Gasteiger partial charge in [-0.25, -0.2) is 4.98 Å². The quantitative estimate of drug-likeness (QED) is 0.414. The Kier molecular flexibility index (Phi) is 6.74. The predicted molar refractivity (Wildman–Crippen MR) is 138 cm³/mol. The molecule has 0 spiro atoms. The Morgan fingerprint density at radius 3 is 2.43 bits per heavy atom. The summed E-state index contributed by atoms with van der Waals surface area (Å²) < 4.78 is 6.90. The first-order valence-electron chi connectivity index (χ1n) is 11.8. The van der Waals surface area contributed by atoms with Gasteiger partial charge in [0.1, 0.15) is 5.75 Å². The molecule has 0 N–H and O–H groups in total. The van der Waals surface area contributed by atoms with E-state index in [4.69, 9.17) is 4.74 Å². The Morgan fingerprint density at radius 1 is 0.943 bits per heavy atom. The number of nitrogens with zero attached hydrogens (tertiary/aromatic N) is 3. The van der Waals surface area contributed by atoms with Gasteiger partial charge in [0.25, 0.3) is 5.56 Å². The van der Waals surface area contributed by atoms with Crippen molar-refractivity contribution in [1.82, 2.24) is 14.5 Å². The minimum absolute atomic E-state index is 0.0370. The number of hydrogen-bond donors (Lipinski definition) is 0. The van der Waals surface area contributed by atoms with Gasteiger partial charge in [0.05, 0.1) is 37.8 Å². The molecule has 0 bridgehead atoms. The topological polar surface area (TPSA) is 47.4 Å². The summed E-state index contributed by atoms with van der Waals surface area (Å²) in [6.45, 7) is 2.54. The van der Waals surface area contributed by atoms with Crippen LogP contribution in [0.15, 0.2) is 90.0 Å². The molecular weight excluding hydrogens is 434 g/mol. The zero-order chi connectivity index (χ0) is 24.0. The number of ether oxygens (including phenoxy) is 1. The van der Waals surface area contributed by atoms with Crippen molar-refractivity contribution >= 4 is 0 Å². The number of benzene rings is 3. The lowest BCUT2D eigenvalue weighted by molar-refractivity contribution is 0.280. The van der Waals surface area contributed by atoms with Crippen molar-refractivity contribution in [3.8, 4) is 28.7 Å². The molecular formula is C30H27N3O2. The van der Waals surface area contributed by atoms with Gasteiger partial charge in [-0.15, -0.1) is 0 Å². The molecule has 5 nitrogen and oxygen atoms in total. The summed E-state index contributed by atoms with van der Waals surface area (Å²) >= 11 is 0. The van der Waals surface area contributed by atoms with E-state index in [0.29, 0.717) is 19.6 Å². The Labute approximate surface area is 205 Å². The Balaban J connectivity index is 1.26. The van der Waals surface area contributed by atoms with E-state index in [2.05, 4.69) is 58.1 Å². The lowest BCUT2D eigenvalue weighted by atomic mass is 10.0. The average molecular weight is 462 g/mol. The van der Waals surface area contributed by atoms with Crippen molar-refractivity contribution in [2.24, 2.45) is 0 Å². The third-order valence-corrected chi connectivity index (χ3v) is 6.31. The van der Waals surface area contributed by atoms with Crippen molar-refractivity contribution in [2.45, 2.75) is 19.5 Å². The number of rotatable bonds is 5. The summed E-state index contributed by atoms with van der Waals surface area (Å²) in [5, 5.41) is 0. The summed E-state index contributed by atoms with van der Waals surface area (Å²) in [4.78, 5) is 20.1. The van der Waals surface area contributed by atoms with Crippen LogP contribution in [-0.4, -0.2) is 34.7 Å². The molecule has 0 aliphatic carbocycles. The van der Waals surface area contributed by atoms with Gasteiger partial charge in [-0.3, -0.25) is 14.3 Å². The molecule has 5 rings (SSSR count). The first-order valence-corrected chi connectivity index (χ1v) is 11.8. The van der Waals surface area contributed by atoms with Gasteiger partial charge in [-0.05, 0) is 41.0 Å². The molecule has 0 radical (unpaired) electrons. The highest BCUT2D eigenvalue weighted by Crippen LogP contribution is 2.20. The molecule has 0 saturated carbocycles. The molecule has 0 amide bonds. The van der Waals surface area contributed by atoms with E-state index in [-0.39, 0.29) is 5.56 Å². The van der Waals surface area contributed by atoms with Gasteiger partial charge in [0.2, 0.25) is 0 Å². The highest BCUT2D eigenvalue weighted by atomic mass is 16.5. The Hall–Kier alpha value is -4.14. The van der Waals surface area contributed by atoms with Crippen LogP contribution in [0, 0.1) is 11.8 Å². The predicted octanol–water partition coefficient (Wildman–Crippen LogP) is 4.38. The maximum atomic E-state index is 13.3. The van der Waals surface area contributed by atoms with Gasteiger partial charge in [0.15, 0.2) is 0 Å². The van der Waals surface area contributed by atoms with Crippen molar-refractivity contribution in [1.29, 1.82) is 0 Å². The zero-order valence-corrected chi connectivity index (χ0v) is 19.8. The van der Waals surface area contributed by atoms with Gasteiger partial charge in [0, 0.05) is 25.1 Å². The fraction of sp³-hybridized carbons (Fsp3) is 0.200. The highest BCUT2D eigenvalue weighted by Gasteiger charge is 2.20. The number of methoxy groups -OCH3 is 1. The maximum Gasteiger partial charge on any atom is 0.258 e. The summed E-state index contributed by atoms with van der Waals surface area (Å²) in [5.41, 5.74) is 6.10. The monoisotopic (exact) mass is 461 g/mol. The molecule has 174 valence electrons. The van der Waals surface area contributed by atoms with E-state index in [0.717, 1.165) is 46.7 Å². The number of fused-ring (bicyclic) bond motifs is 1. The summed E-state index contributed by atoms with van der Waals surface area (Å²) in [5.74, 6) is 7.25. The van der Waals surface area contributed by atoms with Gasteiger partial charge in [-0.2, -0.15) is 0 Å². The molecule has 1 aliphatic heterocycles. The molecule has 1 aromatic heterocycles. The van der Waals surface area contributed by atoms with E-state index >= 15 is 0 Å². The third-order valence-electron chi connectivity index (χ3n) is 6.31. The van der Waals surface area contributed by atoms with Crippen LogP contribution in [0.2, 0.25) is 0 Å². The lowest BCUT2D eigenvalue weighted by Crippen LogP contribution is -2.38. The van der Waals surface area contributed by atoms with Crippen molar-refractivity contribution in [3.05, 3.63) is 118 Å². The third kappa shape index (κ3) is 5.34. The molecule has 4 aromatic rings. The molecule has 0 saturated heterocycles. The second kappa shape index (κ2) is 10.4. The summed E-state index contributed by atoms with van der Waals surface area (Å²) in [7, 11) is 1.65. The fourth-order valence-corrected chi connectivity index (χ4v) is 4.31. The van der Waals surface area contributed by atoms with Crippen LogP contribution in [0.4, 0.5) is 0 Å². The lowest BCUT2D eigenvalue weighted by Gasteiger charge is -2.26. The van der Waals surface area contributed by atoms with Crippen molar-refractivity contribution in [2.75, 3.05) is 20.2 Å². The van der Waals surface area contributed by atoms with Crippen LogP contribution in [0.5, 0.6) is 5.75 Å². The SMILES string of the molecule is COc1ccc(C#CCN2CCc3ncn(Cc4ccc(-c5ccccc5)cc4)c(=O)c3C2)cc1. The summed E-state index contributed by atoms with van der Waals surface area (Å²) in [6, 6.07) is 26.4. The van der Waals surface area contributed by atoms with Crippen molar-refractivity contribution < 1.29 is 4.74 Å². The van der Waals surface area contributed by atoms with Crippen molar-refractivity contribution in [3.63, 3.8) is 0 Å². The first kappa shape index (κ1) is 22.6. The van der Waals surface area contributed by atoms with Crippen LogP contribution in [0.25, 0.3) is 11.1 Å². The van der Waals surface area contributed by atoms with Crippen LogP contribution >= 0.6 is 0 Å².